The summed E-state index contributed by atoms with van der Waals surface area (Å²) in [6, 6.07) is 61.0. The van der Waals surface area contributed by atoms with Gasteiger partial charge in [0.2, 0.25) is 0 Å². The van der Waals surface area contributed by atoms with Gasteiger partial charge in [-0.1, -0.05) is 103 Å². The lowest BCUT2D eigenvalue weighted by Crippen LogP contribution is -1.96. The first-order valence-electron chi connectivity index (χ1n) is 18.4. The third-order valence-corrected chi connectivity index (χ3v) is 11.7. The maximum Gasteiger partial charge on any atom is 0.145 e. The normalized spacial score (nSPS) is 12.4. The van der Waals surface area contributed by atoms with Gasteiger partial charge >= 0.3 is 0 Å². The fraction of sp³-hybridized carbons (Fsp3) is 0. The van der Waals surface area contributed by atoms with Gasteiger partial charge in [-0.15, -0.1) is 0 Å². The summed E-state index contributed by atoms with van der Waals surface area (Å²) in [5, 5.41) is 14.0. The molecule has 4 heterocycles. The molecule has 0 aliphatic rings. The summed E-state index contributed by atoms with van der Waals surface area (Å²) in [5.74, 6) is 0. The third-order valence-electron chi connectivity index (χ3n) is 11.7. The number of hydrogen-bond donors (Lipinski definition) is 0. The Morgan fingerprint density at radius 1 is 0.315 bits per heavy atom. The lowest BCUT2D eigenvalue weighted by atomic mass is 10.00. The number of hydrogen-bond acceptors (Lipinski definition) is 2. The number of rotatable bonds is 2. The summed E-state index contributed by atoms with van der Waals surface area (Å²) in [6.45, 7) is 0. The van der Waals surface area contributed by atoms with Crippen LogP contribution in [0.5, 0.6) is 0 Å². The Balaban J connectivity index is 1.13. The molecule has 250 valence electrons. The van der Waals surface area contributed by atoms with Gasteiger partial charge in [0.1, 0.15) is 22.3 Å². The van der Waals surface area contributed by atoms with Crippen LogP contribution in [0.2, 0.25) is 0 Å². The Hall–Kier alpha value is -7.30. The maximum atomic E-state index is 7.23. The van der Waals surface area contributed by atoms with Gasteiger partial charge in [-0.25, -0.2) is 0 Å². The molecule has 0 fully saturated rings. The zero-order valence-corrected chi connectivity index (χ0v) is 28.9. The van der Waals surface area contributed by atoms with Crippen LogP contribution in [0.1, 0.15) is 0 Å². The van der Waals surface area contributed by atoms with Crippen LogP contribution in [0.25, 0.3) is 120 Å². The molecule has 0 saturated heterocycles. The van der Waals surface area contributed by atoms with Crippen molar-refractivity contribution in [2.75, 3.05) is 0 Å². The molecule has 0 aliphatic carbocycles. The third kappa shape index (κ3) is 3.57. The van der Waals surface area contributed by atoms with E-state index >= 15 is 0 Å². The van der Waals surface area contributed by atoms with Crippen molar-refractivity contribution in [3.8, 4) is 11.4 Å². The van der Waals surface area contributed by atoms with Gasteiger partial charge in [-0.3, -0.25) is 0 Å². The van der Waals surface area contributed by atoms with E-state index in [0.29, 0.717) is 0 Å². The van der Waals surface area contributed by atoms with E-state index in [1.54, 1.807) is 0 Å². The van der Waals surface area contributed by atoms with Gasteiger partial charge in [0.15, 0.2) is 0 Å². The molecule has 0 saturated carbocycles. The first kappa shape index (κ1) is 28.3. The van der Waals surface area contributed by atoms with Crippen LogP contribution in [0.15, 0.2) is 179 Å². The van der Waals surface area contributed by atoms with E-state index in [1.807, 2.05) is 12.1 Å². The minimum absolute atomic E-state index is 0.889. The number of furan rings is 2. The molecule has 0 bridgehead atoms. The van der Waals surface area contributed by atoms with Crippen LogP contribution >= 0.6 is 0 Å². The Bertz CT molecular complexity index is 3740. The van der Waals surface area contributed by atoms with Crippen molar-refractivity contribution in [1.29, 1.82) is 0 Å². The first-order chi connectivity index (χ1) is 26.8. The molecular formula is C50H28N2O2. The van der Waals surface area contributed by atoms with E-state index in [4.69, 9.17) is 8.83 Å². The minimum atomic E-state index is 0.889. The number of benzene rings is 9. The average molecular weight is 689 g/mol. The van der Waals surface area contributed by atoms with E-state index in [9.17, 15) is 0 Å². The van der Waals surface area contributed by atoms with Crippen LogP contribution in [0, 0.1) is 0 Å². The first-order valence-corrected chi connectivity index (χ1v) is 18.4. The number of para-hydroxylation sites is 3. The lowest BCUT2D eigenvalue weighted by Gasteiger charge is -2.14. The highest BCUT2D eigenvalue weighted by molar-refractivity contribution is 6.29. The van der Waals surface area contributed by atoms with Gasteiger partial charge < -0.3 is 18.0 Å². The second-order valence-corrected chi connectivity index (χ2v) is 14.4. The summed E-state index contributed by atoms with van der Waals surface area (Å²) < 4.78 is 18.2. The minimum Gasteiger partial charge on any atom is -0.456 e. The zero-order chi connectivity index (χ0) is 35.1. The highest BCUT2D eigenvalue weighted by atomic mass is 16.3. The second-order valence-electron chi connectivity index (χ2n) is 14.4. The van der Waals surface area contributed by atoms with Crippen LogP contribution in [0.4, 0.5) is 0 Å². The number of aromatic nitrogens is 2. The summed E-state index contributed by atoms with van der Waals surface area (Å²) in [6.07, 6.45) is 0. The van der Waals surface area contributed by atoms with E-state index in [1.165, 1.54) is 32.6 Å². The molecule has 13 aromatic rings. The fourth-order valence-electron chi connectivity index (χ4n) is 9.41. The predicted octanol–water partition coefficient (Wildman–Crippen LogP) is 14.0. The Labute approximate surface area is 307 Å². The van der Waals surface area contributed by atoms with Crippen LogP contribution in [0.3, 0.4) is 0 Å². The SMILES string of the molecule is c1ccc2c(c1)cc(-n1c3ccccc3c3c4oc5c(ccc6c5c5ccccc5n6-c5ccc6oc7ccccc7c6c5)c4ccc31)c1ccccc12. The Morgan fingerprint density at radius 2 is 0.870 bits per heavy atom. The standard InChI is InChI=1S/C50H28N2O2/c1-2-12-31-29(11-1)27-44(33-14-4-3-13-32(31)33)52-41-19-9-6-17-38(41)48-43(52)25-23-36-35-22-24-42-47(49(35)54-50(36)48)37-16-5-8-18-40(37)51(42)30-21-26-46-39(28-30)34-15-7-10-20-45(34)53-46/h1-28H. The van der Waals surface area contributed by atoms with Crippen molar-refractivity contribution in [3.05, 3.63) is 170 Å². The molecule has 4 heteroatoms. The zero-order valence-electron chi connectivity index (χ0n) is 28.9. The molecule has 0 radical (unpaired) electrons. The molecule has 0 spiro atoms. The smallest absolute Gasteiger partial charge is 0.145 e. The molecule has 4 nitrogen and oxygen atoms in total. The van der Waals surface area contributed by atoms with Crippen molar-refractivity contribution in [3.63, 3.8) is 0 Å². The number of fused-ring (bicyclic) bond motifs is 17. The van der Waals surface area contributed by atoms with Crippen molar-refractivity contribution in [1.82, 2.24) is 9.13 Å². The summed E-state index contributed by atoms with van der Waals surface area (Å²) in [4.78, 5) is 0. The average Bonchev–Trinajstić information content (AvgIpc) is 3.97. The fourth-order valence-corrected chi connectivity index (χ4v) is 9.41. The molecule has 0 amide bonds. The van der Waals surface area contributed by atoms with Crippen molar-refractivity contribution in [2.24, 2.45) is 0 Å². The number of nitrogens with zero attached hydrogens (tertiary/aromatic N) is 2. The predicted molar refractivity (Wildman–Crippen MR) is 225 cm³/mol. The molecule has 0 aliphatic heterocycles. The summed E-state index contributed by atoms with van der Waals surface area (Å²) >= 11 is 0. The second kappa shape index (κ2) is 10.2. The van der Waals surface area contributed by atoms with E-state index in [0.717, 1.165) is 87.8 Å². The molecule has 0 N–H and O–H groups in total. The van der Waals surface area contributed by atoms with Crippen LogP contribution < -0.4 is 0 Å². The van der Waals surface area contributed by atoms with Gasteiger partial charge in [-0.2, -0.15) is 0 Å². The van der Waals surface area contributed by atoms with Crippen molar-refractivity contribution in [2.45, 2.75) is 0 Å². The van der Waals surface area contributed by atoms with E-state index in [2.05, 4.69) is 167 Å². The molecular weight excluding hydrogens is 661 g/mol. The van der Waals surface area contributed by atoms with Crippen LogP contribution in [-0.2, 0) is 0 Å². The largest absolute Gasteiger partial charge is 0.456 e. The topological polar surface area (TPSA) is 36.1 Å². The Morgan fingerprint density at radius 3 is 1.61 bits per heavy atom. The Kier molecular flexibility index (Phi) is 5.34. The molecule has 0 unspecified atom stereocenters. The van der Waals surface area contributed by atoms with Gasteiger partial charge in [0.05, 0.1) is 38.5 Å². The molecule has 54 heavy (non-hydrogen) atoms. The van der Waals surface area contributed by atoms with Gasteiger partial charge in [0, 0.05) is 43.4 Å². The molecule has 0 atom stereocenters. The van der Waals surface area contributed by atoms with Gasteiger partial charge in [0.25, 0.3) is 0 Å². The molecule has 9 aromatic carbocycles. The summed E-state index contributed by atoms with van der Waals surface area (Å²) in [7, 11) is 0. The quantitative estimate of drug-likeness (QED) is 0.170. The van der Waals surface area contributed by atoms with Crippen LogP contribution in [-0.4, -0.2) is 9.13 Å². The van der Waals surface area contributed by atoms with Gasteiger partial charge in [-0.05, 0) is 82.9 Å². The molecule has 4 aromatic heterocycles. The molecule has 13 rings (SSSR count). The highest BCUT2D eigenvalue weighted by Crippen LogP contribution is 2.46. The van der Waals surface area contributed by atoms with E-state index < -0.39 is 0 Å². The van der Waals surface area contributed by atoms with Crippen molar-refractivity contribution >= 4 is 109 Å². The summed E-state index contributed by atoms with van der Waals surface area (Å²) in [5.41, 5.74) is 10.4. The monoisotopic (exact) mass is 688 g/mol. The lowest BCUT2D eigenvalue weighted by molar-refractivity contribution is 0.669. The maximum absolute atomic E-state index is 7.23. The van der Waals surface area contributed by atoms with Crippen molar-refractivity contribution < 1.29 is 8.83 Å². The highest BCUT2D eigenvalue weighted by Gasteiger charge is 2.23. The van der Waals surface area contributed by atoms with E-state index in [-0.39, 0.29) is 0 Å².